The Kier molecular flexibility index (Phi) is 55.9. The lowest BCUT2D eigenvalue weighted by atomic mass is 10.1. The van der Waals surface area contributed by atoms with Crippen molar-refractivity contribution in [3.63, 3.8) is 0 Å². The summed E-state index contributed by atoms with van der Waals surface area (Å²) in [6, 6.07) is 0. The Morgan fingerprint density at radius 1 is 0.292 bits per heavy atom. The predicted octanol–water partition coefficient (Wildman–Crippen LogP) is 20.0. The van der Waals surface area contributed by atoms with Gasteiger partial charge in [-0.2, -0.15) is 0 Å². The number of allylic oxidation sites excluding steroid dienone is 20. The summed E-state index contributed by atoms with van der Waals surface area (Å²) in [6.07, 6.45) is 81.9. The normalized spacial score (nSPS) is 13.0. The van der Waals surface area contributed by atoms with Crippen LogP contribution in [0.3, 0.4) is 0 Å². The van der Waals surface area contributed by atoms with E-state index in [0.717, 1.165) is 135 Å². The Morgan fingerprint density at radius 3 is 0.861 bits per heavy atom. The first-order valence-corrected chi connectivity index (χ1v) is 29.5. The van der Waals surface area contributed by atoms with Crippen LogP contribution < -0.4 is 0 Å². The summed E-state index contributed by atoms with van der Waals surface area (Å²) >= 11 is 0. The average Bonchev–Trinajstić information content (AvgIpc) is 3.38. The molecule has 0 saturated heterocycles. The van der Waals surface area contributed by atoms with Crippen molar-refractivity contribution in [3.05, 3.63) is 122 Å². The van der Waals surface area contributed by atoms with Crippen molar-refractivity contribution < 1.29 is 28.6 Å². The quantitative estimate of drug-likeness (QED) is 0.0261. The molecule has 0 N–H and O–H groups in total. The zero-order valence-electron chi connectivity index (χ0n) is 46.7. The maximum Gasteiger partial charge on any atom is 0.306 e. The Balaban J connectivity index is 4.42. The second kappa shape index (κ2) is 59.4. The first-order chi connectivity index (χ1) is 35.5. The first-order valence-electron chi connectivity index (χ1n) is 29.5. The van der Waals surface area contributed by atoms with Gasteiger partial charge in [0.1, 0.15) is 13.2 Å². The fourth-order valence-corrected chi connectivity index (χ4v) is 7.81. The zero-order valence-corrected chi connectivity index (χ0v) is 46.7. The van der Waals surface area contributed by atoms with Crippen molar-refractivity contribution in [2.75, 3.05) is 13.2 Å². The summed E-state index contributed by atoms with van der Waals surface area (Å²) < 4.78 is 16.8. The number of carbonyl (C=O) groups is 3. The van der Waals surface area contributed by atoms with E-state index in [-0.39, 0.29) is 31.1 Å². The number of hydrogen-bond donors (Lipinski definition) is 0. The molecule has 6 nitrogen and oxygen atoms in total. The number of esters is 3. The van der Waals surface area contributed by atoms with Gasteiger partial charge in [-0.1, -0.05) is 232 Å². The topological polar surface area (TPSA) is 78.9 Å². The number of carbonyl (C=O) groups excluding carboxylic acids is 3. The van der Waals surface area contributed by atoms with Gasteiger partial charge >= 0.3 is 17.9 Å². The summed E-state index contributed by atoms with van der Waals surface area (Å²) in [7, 11) is 0. The molecule has 0 aliphatic carbocycles. The molecule has 0 spiro atoms. The van der Waals surface area contributed by atoms with Crippen molar-refractivity contribution >= 4 is 17.9 Å². The lowest BCUT2D eigenvalue weighted by molar-refractivity contribution is -0.167. The molecule has 0 aliphatic heterocycles. The summed E-state index contributed by atoms with van der Waals surface area (Å²) in [5.41, 5.74) is 0. The van der Waals surface area contributed by atoms with Crippen LogP contribution in [-0.2, 0) is 28.6 Å². The van der Waals surface area contributed by atoms with E-state index >= 15 is 0 Å². The first kappa shape index (κ1) is 67.8. The van der Waals surface area contributed by atoms with Crippen LogP contribution in [0.5, 0.6) is 0 Å². The van der Waals surface area contributed by atoms with E-state index < -0.39 is 6.10 Å². The third-order valence-electron chi connectivity index (χ3n) is 12.2. The molecule has 0 aromatic carbocycles. The summed E-state index contributed by atoms with van der Waals surface area (Å²) in [5, 5.41) is 0. The molecule has 72 heavy (non-hydrogen) atoms. The highest BCUT2D eigenvalue weighted by Gasteiger charge is 2.19. The maximum absolute atomic E-state index is 12.9. The van der Waals surface area contributed by atoms with E-state index in [0.29, 0.717) is 19.3 Å². The van der Waals surface area contributed by atoms with E-state index in [1.54, 1.807) is 0 Å². The van der Waals surface area contributed by atoms with Gasteiger partial charge in [-0.05, 0) is 128 Å². The van der Waals surface area contributed by atoms with Crippen LogP contribution in [-0.4, -0.2) is 37.2 Å². The molecule has 0 amide bonds. The van der Waals surface area contributed by atoms with Crippen LogP contribution in [0, 0.1) is 0 Å². The van der Waals surface area contributed by atoms with Crippen molar-refractivity contribution in [3.8, 4) is 0 Å². The van der Waals surface area contributed by atoms with Crippen LogP contribution in [0.25, 0.3) is 0 Å². The van der Waals surface area contributed by atoms with Gasteiger partial charge in [0, 0.05) is 19.3 Å². The van der Waals surface area contributed by atoms with E-state index in [1.165, 1.54) is 83.5 Å². The fraction of sp³-hybridized carbons (Fsp3) is 0.652. The van der Waals surface area contributed by atoms with Crippen LogP contribution in [0.1, 0.15) is 258 Å². The van der Waals surface area contributed by atoms with E-state index in [1.807, 2.05) is 0 Å². The second-order valence-electron chi connectivity index (χ2n) is 19.1. The highest BCUT2D eigenvalue weighted by molar-refractivity contribution is 5.71. The van der Waals surface area contributed by atoms with Crippen LogP contribution in [0.15, 0.2) is 122 Å². The number of unbranched alkanes of at least 4 members (excludes halogenated alkanes) is 21. The third-order valence-corrected chi connectivity index (χ3v) is 12.2. The second-order valence-corrected chi connectivity index (χ2v) is 19.1. The summed E-state index contributed by atoms with van der Waals surface area (Å²) in [5.74, 6) is -0.948. The Bertz CT molecular complexity index is 1520. The summed E-state index contributed by atoms with van der Waals surface area (Å²) in [4.78, 5) is 38.2. The standard InChI is InChI=1S/C66H108O6/c1-4-7-10-13-16-19-22-25-27-29-31-32-33-34-35-37-38-41-44-47-50-53-56-59-65(68)71-62-63(61-70-64(67)58-55-52-49-46-43-40-24-21-18-15-12-9-6-3)72-66(69)60-57-54-51-48-45-42-39-36-30-28-26-23-20-17-14-11-8-5-2/h7,9-10,12,16,18-21,23,25,27-28,30-32,34-35,40,43,63H,4-6,8,11,13-15,17,22,24,26,29,33,36-39,41-42,44-62H2,1-3H3/b10-7-,12-9-,19-16-,21-18-,23-20-,27-25-,30-28-,32-31-,35-34-,43-40-. The van der Waals surface area contributed by atoms with Crippen molar-refractivity contribution in [1.82, 2.24) is 0 Å². The summed E-state index contributed by atoms with van der Waals surface area (Å²) in [6.45, 7) is 6.35. The van der Waals surface area contributed by atoms with Crippen LogP contribution in [0.2, 0.25) is 0 Å². The zero-order chi connectivity index (χ0) is 52.2. The fourth-order valence-electron chi connectivity index (χ4n) is 7.81. The molecular weight excluding hydrogens is 889 g/mol. The highest BCUT2D eigenvalue weighted by atomic mass is 16.6. The van der Waals surface area contributed by atoms with Crippen LogP contribution >= 0.6 is 0 Å². The van der Waals surface area contributed by atoms with Gasteiger partial charge in [-0.15, -0.1) is 0 Å². The Labute approximate surface area is 443 Å². The maximum atomic E-state index is 12.9. The van der Waals surface area contributed by atoms with Crippen molar-refractivity contribution in [2.24, 2.45) is 0 Å². The minimum Gasteiger partial charge on any atom is -0.462 e. The smallest absolute Gasteiger partial charge is 0.306 e. The van der Waals surface area contributed by atoms with Gasteiger partial charge in [-0.3, -0.25) is 14.4 Å². The molecule has 0 fully saturated rings. The molecule has 6 heteroatoms. The average molecular weight is 998 g/mol. The molecule has 408 valence electrons. The number of hydrogen-bond acceptors (Lipinski definition) is 6. The predicted molar refractivity (Wildman–Crippen MR) is 311 cm³/mol. The molecule has 0 heterocycles. The Hall–Kier alpha value is -4.19. The van der Waals surface area contributed by atoms with Gasteiger partial charge in [-0.25, -0.2) is 0 Å². The minimum atomic E-state index is -0.803. The van der Waals surface area contributed by atoms with Gasteiger partial charge < -0.3 is 14.2 Å². The van der Waals surface area contributed by atoms with Crippen molar-refractivity contribution in [2.45, 2.75) is 264 Å². The highest BCUT2D eigenvalue weighted by Crippen LogP contribution is 2.14. The number of ether oxygens (including phenoxy) is 3. The van der Waals surface area contributed by atoms with Gasteiger partial charge in [0.25, 0.3) is 0 Å². The van der Waals surface area contributed by atoms with Gasteiger partial charge in [0.15, 0.2) is 6.10 Å². The van der Waals surface area contributed by atoms with Gasteiger partial charge in [0.05, 0.1) is 0 Å². The lowest BCUT2D eigenvalue weighted by Gasteiger charge is -2.18. The third kappa shape index (κ3) is 56.7. The number of rotatable bonds is 52. The molecule has 0 aromatic heterocycles. The van der Waals surface area contributed by atoms with Crippen LogP contribution in [0.4, 0.5) is 0 Å². The monoisotopic (exact) mass is 997 g/mol. The molecule has 0 radical (unpaired) electrons. The molecule has 0 rings (SSSR count). The van der Waals surface area contributed by atoms with Gasteiger partial charge in [0.2, 0.25) is 0 Å². The molecule has 1 unspecified atom stereocenters. The molecule has 0 aromatic rings. The molecule has 0 saturated carbocycles. The SMILES string of the molecule is CC/C=C\C/C=C\C/C=C\C/C=C\C/C=C\CCCCCCCCCC(=O)OCC(COC(=O)CCCCC/C=C\C/C=C\C/C=C\CC)OC(=O)CCCCCCCCC/C=C\C/C=C\CCCCCC. The largest absolute Gasteiger partial charge is 0.462 e. The Morgan fingerprint density at radius 2 is 0.542 bits per heavy atom. The van der Waals surface area contributed by atoms with E-state index in [2.05, 4.69) is 142 Å². The lowest BCUT2D eigenvalue weighted by Crippen LogP contribution is -2.30. The van der Waals surface area contributed by atoms with E-state index in [9.17, 15) is 14.4 Å². The molecule has 0 bridgehead atoms. The molecule has 1 atom stereocenters. The molecular formula is C66H108O6. The minimum absolute atomic E-state index is 0.0995. The van der Waals surface area contributed by atoms with E-state index in [4.69, 9.17) is 14.2 Å². The molecule has 0 aliphatic rings. The van der Waals surface area contributed by atoms with Crippen molar-refractivity contribution in [1.29, 1.82) is 0 Å².